The fourth-order valence-electron chi connectivity index (χ4n) is 2.03. The van der Waals surface area contributed by atoms with Crippen LogP contribution in [0.25, 0.3) is 0 Å². The summed E-state index contributed by atoms with van der Waals surface area (Å²) in [5, 5.41) is 18.9. The third-order valence-corrected chi connectivity index (χ3v) is 3.21. The van der Waals surface area contributed by atoms with E-state index in [1.54, 1.807) is 18.2 Å². The van der Waals surface area contributed by atoms with Gasteiger partial charge in [0.25, 0.3) is 0 Å². The Morgan fingerprint density at radius 2 is 1.62 bits per heavy atom. The number of para-hydroxylation sites is 1. The summed E-state index contributed by atoms with van der Waals surface area (Å²) in [6.45, 7) is 0.757. The Balaban J connectivity index is 2.31. The maximum atomic E-state index is 9.18. The SMILES string of the molecule is OCCN(CCO)c1cc(Cl)ccc1Oc1ccccc1. The topological polar surface area (TPSA) is 52.9 Å². The molecule has 0 radical (unpaired) electrons. The van der Waals surface area contributed by atoms with Crippen molar-refractivity contribution in [1.82, 2.24) is 0 Å². The van der Waals surface area contributed by atoms with E-state index in [2.05, 4.69) is 0 Å². The van der Waals surface area contributed by atoms with Gasteiger partial charge in [-0.1, -0.05) is 29.8 Å². The lowest BCUT2D eigenvalue weighted by Crippen LogP contribution is -2.29. The number of hydrogen-bond acceptors (Lipinski definition) is 4. The highest BCUT2D eigenvalue weighted by atomic mass is 35.5. The van der Waals surface area contributed by atoms with Crippen molar-refractivity contribution < 1.29 is 14.9 Å². The van der Waals surface area contributed by atoms with Crippen molar-refractivity contribution in [2.75, 3.05) is 31.2 Å². The molecule has 0 aromatic heterocycles. The summed E-state index contributed by atoms with van der Waals surface area (Å²) in [6.07, 6.45) is 0. The van der Waals surface area contributed by atoms with Gasteiger partial charge in [0.2, 0.25) is 0 Å². The fourth-order valence-corrected chi connectivity index (χ4v) is 2.20. The Morgan fingerprint density at radius 1 is 0.952 bits per heavy atom. The fraction of sp³-hybridized carbons (Fsp3) is 0.250. The van der Waals surface area contributed by atoms with Crippen molar-refractivity contribution in [3.63, 3.8) is 0 Å². The highest BCUT2D eigenvalue weighted by Gasteiger charge is 2.13. The molecule has 2 N–H and O–H groups in total. The molecule has 0 saturated carbocycles. The Morgan fingerprint density at radius 3 is 2.24 bits per heavy atom. The van der Waals surface area contributed by atoms with E-state index in [4.69, 9.17) is 16.3 Å². The molecule has 0 amide bonds. The minimum absolute atomic E-state index is 0.0166. The van der Waals surface area contributed by atoms with Gasteiger partial charge in [-0.15, -0.1) is 0 Å². The summed E-state index contributed by atoms with van der Waals surface area (Å²) in [4.78, 5) is 1.84. The van der Waals surface area contributed by atoms with Gasteiger partial charge in [-0.3, -0.25) is 0 Å². The van der Waals surface area contributed by atoms with E-state index in [-0.39, 0.29) is 13.2 Å². The molecule has 2 aromatic carbocycles. The van der Waals surface area contributed by atoms with Crippen LogP contribution in [0.2, 0.25) is 5.02 Å². The van der Waals surface area contributed by atoms with Gasteiger partial charge in [0.15, 0.2) is 5.75 Å². The first kappa shape index (κ1) is 15.6. The largest absolute Gasteiger partial charge is 0.455 e. The molecule has 0 unspecified atom stereocenters. The van der Waals surface area contributed by atoms with Crippen LogP contribution in [0.3, 0.4) is 0 Å². The number of hydrogen-bond donors (Lipinski definition) is 2. The monoisotopic (exact) mass is 307 g/mol. The summed E-state index contributed by atoms with van der Waals surface area (Å²) >= 11 is 6.06. The number of anilines is 1. The molecule has 2 aromatic rings. The van der Waals surface area contributed by atoms with Gasteiger partial charge in [-0.25, -0.2) is 0 Å². The summed E-state index contributed by atoms with van der Waals surface area (Å²) in [6, 6.07) is 14.7. The lowest BCUT2D eigenvalue weighted by atomic mass is 10.2. The molecule has 0 aliphatic carbocycles. The van der Waals surface area contributed by atoms with Gasteiger partial charge in [-0.05, 0) is 30.3 Å². The van der Waals surface area contributed by atoms with Gasteiger partial charge in [-0.2, -0.15) is 0 Å². The van der Waals surface area contributed by atoms with E-state index in [9.17, 15) is 10.2 Å². The van der Waals surface area contributed by atoms with E-state index >= 15 is 0 Å². The van der Waals surface area contributed by atoms with Gasteiger partial charge in [0.05, 0.1) is 18.9 Å². The van der Waals surface area contributed by atoms with Crippen molar-refractivity contribution in [2.24, 2.45) is 0 Å². The van der Waals surface area contributed by atoms with Crippen LogP contribution in [-0.4, -0.2) is 36.5 Å². The van der Waals surface area contributed by atoms with Crippen LogP contribution >= 0.6 is 11.6 Å². The van der Waals surface area contributed by atoms with Crippen molar-refractivity contribution in [2.45, 2.75) is 0 Å². The molecule has 112 valence electrons. The molecule has 0 saturated heterocycles. The number of aliphatic hydroxyl groups is 2. The quantitative estimate of drug-likeness (QED) is 0.826. The molecular weight excluding hydrogens is 290 g/mol. The predicted octanol–water partition coefficient (Wildman–Crippen LogP) is 2.92. The Hall–Kier alpha value is -1.75. The number of halogens is 1. The van der Waals surface area contributed by atoms with Gasteiger partial charge in [0, 0.05) is 18.1 Å². The smallest absolute Gasteiger partial charge is 0.150 e. The first-order chi connectivity index (χ1) is 10.2. The van der Waals surface area contributed by atoms with Crippen LogP contribution in [0, 0.1) is 0 Å². The number of benzene rings is 2. The van der Waals surface area contributed by atoms with Gasteiger partial charge < -0.3 is 19.8 Å². The van der Waals surface area contributed by atoms with E-state index in [1.165, 1.54) is 0 Å². The van der Waals surface area contributed by atoms with Crippen molar-refractivity contribution in [1.29, 1.82) is 0 Å². The Kier molecular flexibility index (Phi) is 5.87. The Labute approximate surface area is 129 Å². The van der Waals surface area contributed by atoms with Gasteiger partial charge in [0.1, 0.15) is 5.75 Å². The standard InChI is InChI=1S/C16H18ClNO3/c17-13-6-7-16(21-14-4-2-1-3-5-14)15(12-13)18(8-10-19)9-11-20/h1-7,12,19-20H,8-11H2. The maximum absolute atomic E-state index is 9.18. The minimum Gasteiger partial charge on any atom is -0.455 e. The zero-order valence-electron chi connectivity index (χ0n) is 11.6. The van der Waals surface area contributed by atoms with Crippen molar-refractivity contribution >= 4 is 17.3 Å². The van der Waals surface area contributed by atoms with Crippen LogP contribution in [0.1, 0.15) is 0 Å². The van der Waals surface area contributed by atoms with E-state index in [1.807, 2.05) is 35.2 Å². The Bertz CT molecular complexity index is 557. The van der Waals surface area contributed by atoms with Crippen LogP contribution in [0.5, 0.6) is 11.5 Å². The highest BCUT2D eigenvalue weighted by molar-refractivity contribution is 6.30. The number of nitrogens with zero attached hydrogens (tertiary/aromatic N) is 1. The number of aliphatic hydroxyl groups excluding tert-OH is 2. The second kappa shape index (κ2) is 7.88. The summed E-state index contributed by atoms with van der Waals surface area (Å²) in [5.41, 5.74) is 0.745. The second-order valence-corrected chi connectivity index (χ2v) is 4.90. The van der Waals surface area contributed by atoms with E-state index < -0.39 is 0 Å². The molecule has 2 rings (SSSR count). The number of rotatable bonds is 7. The summed E-state index contributed by atoms with van der Waals surface area (Å²) in [5.74, 6) is 1.35. The lowest BCUT2D eigenvalue weighted by molar-refractivity contribution is 0.280. The third-order valence-electron chi connectivity index (χ3n) is 2.97. The van der Waals surface area contributed by atoms with Crippen LogP contribution in [0.15, 0.2) is 48.5 Å². The molecule has 5 heteroatoms. The lowest BCUT2D eigenvalue weighted by Gasteiger charge is -2.25. The predicted molar refractivity (Wildman–Crippen MR) is 84.4 cm³/mol. The molecule has 0 bridgehead atoms. The number of ether oxygens (including phenoxy) is 1. The normalized spacial score (nSPS) is 10.4. The highest BCUT2D eigenvalue weighted by Crippen LogP contribution is 2.34. The molecule has 0 spiro atoms. The van der Waals surface area contributed by atoms with Crippen molar-refractivity contribution in [3.05, 3.63) is 53.6 Å². The first-order valence-corrected chi connectivity index (χ1v) is 7.11. The molecule has 0 aliphatic heterocycles. The average Bonchev–Trinajstić information content (AvgIpc) is 2.50. The van der Waals surface area contributed by atoms with Crippen LogP contribution < -0.4 is 9.64 Å². The van der Waals surface area contributed by atoms with E-state index in [0.717, 1.165) is 5.69 Å². The zero-order chi connectivity index (χ0) is 15.1. The van der Waals surface area contributed by atoms with E-state index in [0.29, 0.717) is 29.6 Å². The van der Waals surface area contributed by atoms with Crippen LogP contribution in [-0.2, 0) is 0 Å². The van der Waals surface area contributed by atoms with Crippen molar-refractivity contribution in [3.8, 4) is 11.5 Å². The molecular formula is C16H18ClNO3. The van der Waals surface area contributed by atoms with Crippen LogP contribution in [0.4, 0.5) is 5.69 Å². The summed E-state index contributed by atoms with van der Waals surface area (Å²) in [7, 11) is 0. The zero-order valence-corrected chi connectivity index (χ0v) is 12.3. The molecule has 0 fully saturated rings. The molecule has 0 heterocycles. The minimum atomic E-state index is -0.0166. The molecule has 4 nitrogen and oxygen atoms in total. The molecule has 21 heavy (non-hydrogen) atoms. The summed E-state index contributed by atoms with van der Waals surface area (Å²) < 4.78 is 5.87. The maximum Gasteiger partial charge on any atom is 0.150 e. The first-order valence-electron chi connectivity index (χ1n) is 6.73. The van der Waals surface area contributed by atoms with Gasteiger partial charge >= 0.3 is 0 Å². The second-order valence-electron chi connectivity index (χ2n) is 4.46. The third kappa shape index (κ3) is 4.36. The molecule has 0 aliphatic rings. The molecule has 0 atom stereocenters. The average molecular weight is 308 g/mol.